The highest BCUT2D eigenvalue weighted by Crippen LogP contribution is 2.14. The summed E-state index contributed by atoms with van der Waals surface area (Å²) in [5.74, 6) is 1.23. The fraction of sp³-hybridized carbons (Fsp3) is 0.600. The lowest BCUT2D eigenvalue weighted by molar-refractivity contribution is 0.110. The highest BCUT2D eigenvalue weighted by atomic mass is 16.3. The average Bonchev–Trinajstić information content (AvgIpc) is 2.55. The number of hydrogen-bond donors (Lipinski definition) is 1. The summed E-state index contributed by atoms with van der Waals surface area (Å²) in [6.45, 7) is 4.03. The minimum atomic E-state index is -0.213. The molecule has 1 heterocycles. The fourth-order valence-electron chi connectivity index (χ4n) is 1.28. The summed E-state index contributed by atoms with van der Waals surface area (Å²) < 4.78 is 5.19. The van der Waals surface area contributed by atoms with E-state index in [0.717, 1.165) is 18.6 Å². The number of hydrogen-bond acceptors (Lipinski definition) is 2. The van der Waals surface area contributed by atoms with Crippen LogP contribution < -0.4 is 0 Å². The Kier molecular flexibility index (Phi) is 3.35. The maximum Gasteiger partial charge on any atom is 0.104 e. The van der Waals surface area contributed by atoms with Crippen LogP contribution in [0.25, 0.3) is 0 Å². The fourth-order valence-corrected chi connectivity index (χ4v) is 1.28. The van der Waals surface area contributed by atoms with Gasteiger partial charge in [0.25, 0.3) is 0 Å². The molecule has 0 bridgehead atoms. The minimum absolute atomic E-state index is 0.213. The van der Waals surface area contributed by atoms with E-state index in [-0.39, 0.29) is 12.0 Å². The van der Waals surface area contributed by atoms with Crippen LogP contribution in [0.4, 0.5) is 0 Å². The smallest absolute Gasteiger partial charge is 0.104 e. The minimum Gasteiger partial charge on any atom is -0.469 e. The van der Waals surface area contributed by atoms with Crippen molar-refractivity contribution < 1.29 is 9.52 Å². The van der Waals surface area contributed by atoms with Gasteiger partial charge in [0.1, 0.15) is 5.76 Å². The first-order chi connectivity index (χ1) is 5.74. The van der Waals surface area contributed by atoms with Crippen LogP contribution in [-0.2, 0) is 6.42 Å². The van der Waals surface area contributed by atoms with E-state index >= 15 is 0 Å². The molecule has 0 aliphatic rings. The lowest BCUT2D eigenvalue weighted by Crippen LogP contribution is -2.18. The molecule has 2 heteroatoms. The third kappa shape index (κ3) is 2.38. The van der Waals surface area contributed by atoms with E-state index < -0.39 is 0 Å². The van der Waals surface area contributed by atoms with Crippen LogP contribution in [0.1, 0.15) is 26.0 Å². The molecule has 0 aromatic carbocycles. The average molecular weight is 168 g/mol. The molecule has 0 saturated heterocycles. The van der Waals surface area contributed by atoms with Crippen LogP contribution in [0.3, 0.4) is 0 Å². The van der Waals surface area contributed by atoms with Gasteiger partial charge in [-0.05, 0) is 24.5 Å². The Hall–Kier alpha value is -0.760. The van der Waals surface area contributed by atoms with E-state index in [1.54, 1.807) is 6.26 Å². The highest BCUT2D eigenvalue weighted by molar-refractivity contribution is 4.99. The number of rotatable bonds is 4. The number of furan rings is 1. The molecular formula is C10H16O2. The van der Waals surface area contributed by atoms with Crippen molar-refractivity contribution in [1.29, 1.82) is 0 Å². The molecule has 1 N–H and O–H groups in total. The molecular weight excluding hydrogens is 152 g/mol. The Morgan fingerprint density at radius 3 is 2.83 bits per heavy atom. The molecule has 12 heavy (non-hydrogen) atoms. The summed E-state index contributed by atoms with van der Waals surface area (Å²) >= 11 is 0. The zero-order valence-corrected chi connectivity index (χ0v) is 7.66. The van der Waals surface area contributed by atoms with Gasteiger partial charge < -0.3 is 9.52 Å². The molecule has 1 aromatic heterocycles. The molecule has 0 aliphatic heterocycles. The number of aliphatic hydroxyl groups excluding tert-OH is 1. The lowest BCUT2D eigenvalue weighted by atomic mass is 9.98. The molecule has 2 nitrogen and oxygen atoms in total. The van der Waals surface area contributed by atoms with Crippen LogP contribution in [0, 0.1) is 5.92 Å². The third-order valence-corrected chi connectivity index (χ3v) is 2.18. The molecule has 0 radical (unpaired) electrons. The van der Waals surface area contributed by atoms with Crippen LogP contribution in [0.2, 0.25) is 0 Å². The topological polar surface area (TPSA) is 33.4 Å². The summed E-state index contributed by atoms with van der Waals surface area (Å²) in [4.78, 5) is 0. The zero-order chi connectivity index (χ0) is 8.97. The van der Waals surface area contributed by atoms with Crippen LogP contribution >= 0.6 is 0 Å². The molecule has 0 saturated carbocycles. The number of aliphatic hydroxyl groups is 1. The Morgan fingerprint density at radius 1 is 1.58 bits per heavy atom. The van der Waals surface area contributed by atoms with E-state index in [1.165, 1.54) is 0 Å². The van der Waals surface area contributed by atoms with Crippen molar-refractivity contribution in [2.45, 2.75) is 32.8 Å². The second-order valence-electron chi connectivity index (χ2n) is 3.24. The predicted octanol–water partition coefficient (Wildman–Crippen LogP) is 2.23. The van der Waals surface area contributed by atoms with Gasteiger partial charge >= 0.3 is 0 Å². The maximum absolute atomic E-state index is 9.48. The maximum atomic E-state index is 9.48. The normalized spacial score (nSPS) is 15.9. The van der Waals surface area contributed by atoms with Gasteiger partial charge in [0.2, 0.25) is 0 Å². The Balaban J connectivity index is 2.41. The Labute approximate surface area is 73.2 Å². The molecule has 0 spiro atoms. The molecule has 1 aromatic rings. The van der Waals surface area contributed by atoms with E-state index in [9.17, 15) is 5.11 Å². The summed E-state index contributed by atoms with van der Waals surface area (Å²) in [6.07, 6.45) is 3.08. The SMILES string of the molecule is CCC(O)C(C)Cc1ccco1. The molecule has 2 atom stereocenters. The molecule has 2 unspecified atom stereocenters. The van der Waals surface area contributed by atoms with Gasteiger partial charge in [0.15, 0.2) is 0 Å². The summed E-state index contributed by atoms with van der Waals surface area (Å²) in [5.41, 5.74) is 0. The summed E-state index contributed by atoms with van der Waals surface area (Å²) in [6, 6.07) is 3.82. The Morgan fingerprint density at radius 2 is 2.33 bits per heavy atom. The van der Waals surface area contributed by atoms with E-state index in [0.29, 0.717) is 0 Å². The standard InChI is InChI=1S/C10H16O2/c1-3-10(11)8(2)7-9-5-4-6-12-9/h4-6,8,10-11H,3,7H2,1-2H3. The van der Waals surface area contributed by atoms with Gasteiger partial charge in [0, 0.05) is 6.42 Å². The predicted molar refractivity (Wildman–Crippen MR) is 47.9 cm³/mol. The third-order valence-electron chi connectivity index (χ3n) is 2.18. The second-order valence-corrected chi connectivity index (χ2v) is 3.24. The van der Waals surface area contributed by atoms with Crippen LogP contribution in [0.5, 0.6) is 0 Å². The van der Waals surface area contributed by atoms with E-state index in [4.69, 9.17) is 4.42 Å². The molecule has 68 valence electrons. The first-order valence-corrected chi connectivity index (χ1v) is 4.44. The molecule has 0 fully saturated rings. The van der Waals surface area contributed by atoms with Crippen LogP contribution in [-0.4, -0.2) is 11.2 Å². The molecule has 0 aliphatic carbocycles. The zero-order valence-electron chi connectivity index (χ0n) is 7.66. The van der Waals surface area contributed by atoms with Gasteiger partial charge in [0.05, 0.1) is 12.4 Å². The summed E-state index contributed by atoms with van der Waals surface area (Å²) in [5, 5.41) is 9.48. The van der Waals surface area contributed by atoms with Crippen molar-refractivity contribution in [1.82, 2.24) is 0 Å². The van der Waals surface area contributed by atoms with Crippen molar-refractivity contribution in [2.24, 2.45) is 5.92 Å². The summed E-state index contributed by atoms with van der Waals surface area (Å²) in [7, 11) is 0. The van der Waals surface area contributed by atoms with Crippen molar-refractivity contribution >= 4 is 0 Å². The first kappa shape index (κ1) is 9.33. The van der Waals surface area contributed by atoms with Crippen molar-refractivity contribution in [2.75, 3.05) is 0 Å². The van der Waals surface area contributed by atoms with Gasteiger partial charge in [-0.25, -0.2) is 0 Å². The van der Waals surface area contributed by atoms with Crippen molar-refractivity contribution in [3.63, 3.8) is 0 Å². The van der Waals surface area contributed by atoms with Crippen LogP contribution in [0.15, 0.2) is 22.8 Å². The Bertz CT molecular complexity index is 204. The van der Waals surface area contributed by atoms with Crippen molar-refractivity contribution in [3.05, 3.63) is 24.2 Å². The lowest BCUT2D eigenvalue weighted by Gasteiger charge is -2.15. The van der Waals surface area contributed by atoms with E-state index in [2.05, 4.69) is 0 Å². The largest absolute Gasteiger partial charge is 0.469 e. The van der Waals surface area contributed by atoms with Gasteiger partial charge in [-0.15, -0.1) is 0 Å². The molecule has 1 rings (SSSR count). The van der Waals surface area contributed by atoms with Gasteiger partial charge in [-0.3, -0.25) is 0 Å². The monoisotopic (exact) mass is 168 g/mol. The first-order valence-electron chi connectivity index (χ1n) is 4.44. The van der Waals surface area contributed by atoms with Gasteiger partial charge in [-0.1, -0.05) is 13.8 Å². The van der Waals surface area contributed by atoms with Gasteiger partial charge in [-0.2, -0.15) is 0 Å². The molecule has 0 amide bonds. The second kappa shape index (κ2) is 4.31. The highest BCUT2D eigenvalue weighted by Gasteiger charge is 2.13. The van der Waals surface area contributed by atoms with Crippen molar-refractivity contribution in [3.8, 4) is 0 Å². The van der Waals surface area contributed by atoms with E-state index in [1.807, 2.05) is 26.0 Å². The quantitative estimate of drug-likeness (QED) is 0.747.